The first-order valence-corrected chi connectivity index (χ1v) is 5.27. The normalized spacial score (nSPS) is 15.5. The van der Waals surface area contributed by atoms with Crippen molar-refractivity contribution in [3.05, 3.63) is 0 Å². The molecule has 0 atom stereocenters. The highest BCUT2D eigenvalue weighted by atomic mass is 32.2. The van der Waals surface area contributed by atoms with Crippen molar-refractivity contribution in [2.24, 2.45) is 0 Å². The molecule has 14 heavy (non-hydrogen) atoms. The second-order valence-electron chi connectivity index (χ2n) is 3.00. The molecule has 7 heteroatoms. The molecule has 1 heterocycles. The van der Waals surface area contributed by atoms with Crippen molar-refractivity contribution < 1.29 is 9.53 Å². The van der Waals surface area contributed by atoms with Gasteiger partial charge in [-0.05, 0) is 23.3 Å². The number of hydrogen-bond acceptors (Lipinski definition) is 6. The molecule has 0 unspecified atom stereocenters. The molecule has 0 aliphatic heterocycles. The largest absolute Gasteiger partial charge is 0.468 e. The fourth-order valence-corrected chi connectivity index (χ4v) is 1.79. The van der Waals surface area contributed by atoms with Crippen LogP contribution in [0.3, 0.4) is 0 Å². The molecule has 1 saturated carbocycles. The number of esters is 1. The van der Waals surface area contributed by atoms with Gasteiger partial charge in [-0.25, -0.2) is 4.68 Å². The highest BCUT2D eigenvalue weighted by Crippen LogP contribution is 2.36. The van der Waals surface area contributed by atoms with Crippen LogP contribution in [0.4, 0.5) is 0 Å². The molecule has 0 bridgehead atoms. The van der Waals surface area contributed by atoms with Gasteiger partial charge in [-0.1, -0.05) is 11.8 Å². The van der Waals surface area contributed by atoms with Crippen LogP contribution in [0, 0.1) is 0 Å². The van der Waals surface area contributed by atoms with Gasteiger partial charge in [0, 0.05) is 0 Å². The lowest BCUT2D eigenvalue weighted by atomic mass is 10.7. The maximum absolute atomic E-state index is 10.9. The summed E-state index contributed by atoms with van der Waals surface area (Å²) in [6.07, 6.45) is 2.24. The molecule has 0 N–H and O–H groups in total. The average molecular weight is 214 g/mol. The molecular formula is C7H10N4O2S. The second kappa shape index (κ2) is 3.95. The first kappa shape index (κ1) is 9.45. The third-order valence-corrected chi connectivity index (χ3v) is 2.81. The molecule has 1 aromatic rings. The van der Waals surface area contributed by atoms with E-state index in [9.17, 15) is 4.79 Å². The Morgan fingerprint density at radius 2 is 2.50 bits per heavy atom. The van der Waals surface area contributed by atoms with E-state index in [0.717, 1.165) is 12.8 Å². The number of carbonyl (C=O) groups is 1. The Bertz CT molecular complexity index is 336. The van der Waals surface area contributed by atoms with E-state index < -0.39 is 0 Å². The van der Waals surface area contributed by atoms with Crippen LogP contribution < -0.4 is 0 Å². The van der Waals surface area contributed by atoms with Crippen molar-refractivity contribution in [3.8, 4) is 0 Å². The van der Waals surface area contributed by atoms with Crippen LogP contribution in [0.25, 0.3) is 0 Å². The molecule has 0 radical (unpaired) electrons. The molecule has 1 aliphatic rings. The summed E-state index contributed by atoms with van der Waals surface area (Å²) in [6, 6.07) is 0.435. The van der Waals surface area contributed by atoms with E-state index in [2.05, 4.69) is 20.3 Å². The van der Waals surface area contributed by atoms with Gasteiger partial charge in [0.15, 0.2) is 0 Å². The lowest BCUT2D eigenvalue weighted by molar-refractivity contribution is -0.137. The van der Waals surface area contributed by atoms with Crippen LogP contribution in [0.1, 0.15) is 18.9 Å². The standard InChI is InChI=1S/C7H10N4O2S/c1-13-6(12)4-14-7-8-9-10-11(7)5-2-3-5/h5H,2-4H2,1H3. The molecule has 0 aromatic carbocycles. The predicted molar refractivity (Wildman–Crippen MR) is 48.8 cm³/mol. The summed E-state index contributed by atoms with van der Waals surface area (Å²) in [5, 5.41) is 12.0. The van der Waals surface area contributed by atoms with Crippen molar-refractivity contribution in [1.29, 1.82) is 0 Å². The number of nitrogens with zero attached hydrogens (tertiary/aromatic N) is 4. The van der Waals surface area contributed by atoms with Crippen LogP contribution in [-0.2, 0) is 9.53 Å². The summed E-state index contributed by atoms with van der Waals surface area (Å²) in [5.41, 5.74) is 0. The number of thioether (sulfide) groups is 1. The predicted octanol–water partition coefficient (Wildman–Crippen LogP) is 0.273. The van der Waals surface area contributed by atoms with Gasteiger partial charge in [0.1, 0.15) is 0 Å². The smallest absolute Gasteiger partial charge is 0.316 e. The van der Waals surface area contributed by atoms with E-state index in [0.29, 0.717) is 11.2 Å². The Hall–Kier alpha value is -1.11. The lowest BCUT2D eigenvalue weighted by Gasteiger charge is -2.00. The van der Waals surface area contributed by atoms with Crippen molar-refractivity contribution in [3.63, 3.8) is 0 Å². The summed E-state index contributed by atoms with van der Waals surface area (Å²) < 4.78 is 6.30. The molecule has 6 nitrogen and oxygen atoms in total. The van der Waals surface area contributed by atoms with Gasteiger partial charge in [-0.15, -0.1) is 5.10 Å². The molecule has 0 saturated heterocycles. The molecule has 2 rings (SSSR count). The highest BCUT2D eigenvalue weighted by molar-refractivity contribution is 7.99. The van der Waals surface area contributed by atoms with E-state index in [1.54, 1.807) is 4.68 Å². The minimum absolute atomic E-state index is 0.254. The Morgan fingerprint density at radius 3 is 3.14 bits per heavy atom. The van der Waals surface area contributed by atoms with Crippen LogP contribution in [0.2, 0.25) is 0 Å². The Labute approximate surface area is 85.0 Å². The van der Waals surface area contributed by atoms with Gasteiger partial charge in [0.2, 0.25) is 5.16 Å². The summed E-state index contributed by atoms with van der Waals surface area (Å²) in [5.74, 6) is -0.0100. The second-order valence-corrected chi connectivity index (χ2v) is 3.94. The maximum Gasteiger partial charge on any atom is 0.316 e. The summed E-state index contributed by atoms with van der Waals surface area (Å²) in [4.78, 5) is 10.9. The number of methoxy groups -OCH3 is 1. The van der Waals surface area contributed by atoms with Gasteiger partial charge in [0.05, 0.1) is 18.9 Å². The van der Waals surface area contributed by atoms with Gasteiger partial charge in [-0.3, -0.25) is 4.79 Å². The molecule has 1 aromatic heterocycles. The molecule has 0 spiro atoms. The van der Waals surface area contributed by atoms with E-state index >= 15 is 0 Å². The first-order valence-electron chi connectivity index (χ1n) is 4.28. The van der Waals surface area contributed by atoms with Gasteiger partial charge < -0.3 is 4.74 Å². The van der Waals surface area contributed by atoms with Gasteiger partial charge >= 0.3 is 5.97 Å². The van der Waals surface area contributed by atoms with Gasteiger partial charge in [-0.2, -0.15) is 0 Å². The first-order chi connectivity index (χ1) is 6.81. The van der Waals surface area contributed by atoms with Crippen LogP contribution in [0.5, 0.6) is 0 Å². The van der Waals surface area contributed by atoms with E-state index in [-0.39, 0.29) is 11.7 Å². The zero-order valence-electron chi connectivity index (χ0n) is 7.71. The van der Waals surface area contributed by atoms with E-state index in [4.69, 9.17) is 0 Å². The fraction of sp³-hybridized carbons (Fsp3) is 0.714. The average Bonchev–Trinajstić information content (AvgIpc) is 2.94. The van der Waals surface area contributed by atoms with Crippen molar-refractivity contribution in [1.82, 2.24) is 20.2 Å². The zero-order chi connectivity index (χ0) is 9.97. The monoisotopic (exact) mass is 214 g/mol. The van der Waals surface area contributed by atoms with Crippen LogP contribution in [-0.4, -0.2) is 39.0 Å². The quantitative estimate of drug-likeness (QED) is 0.529. The number of tetrazole rings is 1. The van der Waals surface area contributed by atoms with Crippen molar-refractivity contribution in [2.45, 2.75) is 24.0 Å². The third kappa shape index (κ3) is 2.03. The minimum Gasteiger partial charge on any atom is -0.468 e. The number of rotatable bonds is 4. The van der Waals surface area contributed by atoms with E-state index in [1.165, 1.54) is 18.9 Å². The fourth-order valence-electron chi connectivity index (χ4n) is 1.01. The summed E-state index contributed by atoms with van der Waals surface area (Å²) >= 11 is 1.31. The zero-order valence-corrected chi connectivity index (χ0v) is 8.53. The molecule has 0 amide bonds. The number of hydrogen-bond donors (Lipinski definition) is 0. The number of aromatic nitrogens is 4. The SMILES string of the molecule is COC(=O)CSc1nnnn1C1CC1. The van der Waals surface area contributed by atoms with Crippen molar-refractivity contribution >= 4 is 17.7 Å². The molecule has 76 valence electrons. The minimum atomic E-state index is -0.264. The topological polar surface area (TPSA) is 69.9 Å². The lowest BCUT2D eigenvalue weighted by Crippen LogP contribution is -2.05. The number of ether oxygens (including phenoxy) is 1. The molecule has 1 aliphatic carbocycles. The maximum atomic E-state index is 10.9. The summed E-state index contributed by atoms with van der Waals surface area (Å²) in [6.45, 7) is 0. The molecule has 1 fully saturated rings. The molecular weight excluding hydrogens is 204 g/mol. The van der Waals surface area contributed by atoms with E-state index in [1.807, 2.05) is 0 Å². The third-order valence-electron chi connectivity index (χ3n) is 1.90. The Kier molecular flexibility index (Phi) is 2.67. The Balaban J connectivity index is 1.94. The highest BCUT2D eigenvalue weighted by Gasteiger charge is 2.28. The summed E-state index contributed by atoms with van der Waals surface area (Å²) in [7, 11) is 1.37. The number of carbonyl (C=O) groups excluding carboxylic acids is 1. The van der Waals surface area contributed by atoms with Crippen LogP contribution in [0.15, 0.2) is 5.16 Å². The Morgan fingerprint density at radius 1 is 1.71 bits per heavy atom. The van der Waals surface area contributed by atoms with Crippen LogP contribution >= 0.6 is 11.8 Å². The van der Waals surface area contributed by atoms with Crippen molar-refractivity contribution in [2.75, 3.05) is 12.9 Å². The van der Waals surface area contributed by atoms with Gasteiger partial charge in [0.25, 0.3) is 0 Å².